The highest BCUT2D eigenvalue weighted by molar-refractivity contribution is 6.13. The van der Waals surface area contributed by atoms with E-state index in [1.807, 2.05) is 19.3 Å². The van der Waals surface area contributed by atoms with E-state index in [2.05, 4.69) is 32.5 Å². The summed E-state index contributed by atoms with van der Waals surface area (Å²) < 4.78 is 17.7. The predicted octanol–water partition coefficient (Wildman–Crippen LogP) is 2.68. The summed E-state index contributed by atoms with van der Waals surface area (Å²) in [4.78, 5) is 19.6. The fourth-order valence-corrected chi connectivity index (χ4v) is 4.73. The molecule has 0 radical (unpaired) electrons. The van der Waals surface area contributed by atoms with Gasteiger partial charge in [-0.1, -0.05) is 6.92 Å². The Morgan fingerprint density at radius 1 is 1.24 bits per heavy atom. The number of halogens is 1. The molecule has 0 bridgehead atoms. The lowest BCUT2D eigenvalue weighted by molar-refractivity contribution is 0.102. The minimum atomic E-state index is -0.586. The lowest BCUT2D eigenvalue weighted by Crippen LogP contribution is -2.42. The van der Waals surface area contributed by atoms with Crippen molar-refractivity contribution >= 4 is 33.8 Å². The lowest BCUT2D eigenvalue weighted by Gasteiger charge is -2.34. The van der Waals surface area contributed by atoms with Gasteiger partial charge in [0.15, 0.2) is 11.5 Å². The number of aryl methyl sites for hydroxylation is 1. The van der Waals surface area contributed by atoms with Gasteiger partial charge in [0.25, 0.3) is 5.91 Å². The van der Waals surface area contributed by atoms with Gasteiger partial charge in [-0.05, 0) is 31.5 Å². The number of aliphatic hydroxyl groups is 1. The van der Waals surface area contributed by atoms with E-state index in [0.29, 0.717) is 22.8 Å². The number of carbonyl (C=O) groups excluding carboxylic acids is 1. The number of nitrogens with zero attached hydrogens (tertiary/aromatic N) is 5. The molecule has 34 heavy (non-hydrogen) atoms. The third-order valence-electron chi connectivity index (χ3n) is 6.32. The van der Waals surface area contributed by atoms with Gasteiger partial charge in [-0.3, -0.25) is 9.48 Å². The van der Waals surface area contributed by atoms with Gasteiger partial charge < -0.3 is 25.0 Å². The van der Waals surface area contributed by atoms with Gasteiger partial charge >= 0.3 is 0 Å². The summed E-state index contributed by atoms with van der Waals surface area (Å²) >= 11 is 0. The number of hydrogen-bond acceptors (Lipinski definition) is 6. The number of pyridine rings is 1. The minimum absolute atomic E-state index is 0.0939. The summed E-state index contributed by atoms with van der Waals surface area (Å²) in [5.74, 6) is -0.959. The van der Waals surface area contributed by atoms with E-state index in [4.69, 9.17) is 0 Å². The molecule has 3 N–H and O–H groups in total. The quantitative estimate of drug-likeness (QED) is 0.405. The molecule has 1 aromatic carbocycles. The van der Waals surface area contributed by atoms with Crippen LogP contribution >= 0.6 is 0 Å². The molecule has 1 aliphatic heterocycles. The first-order valence-electron chi connectivity index (χ1n) is 11.5. The number of piperidine rings is 1. The van der Waals surface area contributed by atoms with Crippen LogP contribution in [0.1, 0.15) is 35.8 Å². The van der Waals surface area contributed by atoms with E-state index < -0.39 is 5.82 Å². The Balaban J connectivity index is 1.42. The Morgan fingerprint density at radius 2 is 2.03 bits per heavy atom. The molecule has 5 rings (SSSR count). The highest BCUT2D eigenvalue weighted by atomic mass is 19.1. The average molecular weight is 466 g/mol. The highest BCUT2D eigenvalue weighted by Crippen LogP contribution is 2.31. The van der Waals surface area contributed by atoms with Gasteiger partial charge in [-0.25, -0.2) is 9.37 Å². The summed E-state index contributed by atoms with van der Waals surface area (Å²) in [6.45, 7) is 4.69. The third kappa shape index (κ3) is 4.10. The van der Waals surface area contributed by atoms with Crippen LogP contribution in [0.15, 0.2) is 36.8 Å². The van der Waals surface area contributed by atoms with Crippen molar-refractivity contribution in [1.82, 2.24) is 24.5 Å². The van der Waals surface area contributed by atoms with Gasteiger partial charge in [0.05, 0.1) is 23.6 Å². The second kappa shape index (κ2) is 9.03. The molecule has 1 aliphatic rings. The summed E-state index contributed by atoms with van der Waals surface area (Å²) in [7, 11) is 1.84. The summed E-state index contributed by atoms with van der Waals surface area (Å²) in [6, 6.07) is 5.52. The van der Waals surface area contributed by atoms with Crippen molar-refractivity contribution in [3.63, 3.8) is 0 Å². The number of benzene rings is 1. The number of carbonyl (C=O) groups is 1. The maximum absolute atomic E-state index is 14.5. The molecule has 4 heterocycles. The first kappa shape index (κ1) is 22.3. The van der Waals surface area contributed by atoms with Gasteiger partial charge in [-0.2, -0.15) is 5.10 Å². The van der Waals surface area contributed by atoms with Crippen molar-refractivity contribution < 1.29 is 14.3 Å². The van der Waals surface area contributed by atoms with Crippen LogP contribution in [0.3, 0.4) is 0 Å². The predicted molar refractivity (Wildman–Crippen MR) is 129 cm³/mol. The standard InChI is InChI=1S/C24H28FN7O2/c1-3-26-15-6-8-31(9-7-15)21-5-4-18(22-19(21)13-30(2)29-22)24(34)28-16-10-20(25)23-27-17(14-33)12-32(23)11-16/h4-5,10-13,15,26,33H,3,6-9,14H2,1-2H3,(H,28,34). The Kier molecular flexibility index (Phi) is 5.93. The SMILES string of the molecule is CCNC1CCN(c2ccc(C(=O)Nc3cc(F)c4nc(CO)cn4c3)c3nn(C)cc23)CC1. The topological polar surface area (TPSA) is 99.7 Å². The van der Waals surface area contributed by atoms with Crippen molar-refractivity contribution in [1.29, 1.82) is 0 Å². The fraction of sp³-hybridized carbons (Fsp3) is 0.375. The van der Waals surface area contributed by atoms with E-state index in [1.54, 1.807) is 16.9 Å². The summed E-state index contributed by atoms with van der Waals surface area (Å²) in [6.07, 6.45) is 7.17. The highest BCUT2D eigenvalue weighted by Gasteiger charge is 2.23. The van der Waals surface area contributed by atoms with E-state index >= 15 is 0 Å². The van der Waals surface area contributed by atoms with Crippen molar-refractivity contribution in [2.75, 3.05) is 29.9 Å². The number of amides is 1. The zero-order valence-electron chi connectivity index (χ0n) is 19.3. The Hall–Kier alpha value is -3.50. The van der Waals surface area contributed by atoms with Gasteiger partial charge in [0, 0.05) is 61.9 Å². The van der Waals surface area contributed by atoms with E-state index in [0.717, 1.165) is 43.5 Å². The number of fused-ring (bicyclic) bond motifs is 2. The molecule has 178 valence electrons. The number of rotatable bonds is 6. The molecule has 0 spiro atoms. The number of aromatic nitrogens is 4. The zero-order chi connectivity index (χ0) is 23.8. The minimum Gasteiger partial charge on any atom is -0.390 e. The maximum Gasteiger partial charge on any atom is 0.257 e. The number of anilines is 2. The van der Waals surface area contributed by atoms with Crippen molar-refractivity contribution in [3.8, 4) is 0 Å². The molecule has 3 aromatic heterocycles. The van der Waals surface area contributed by atoms with Crippen LogP contribution in [-0.2, 0) is 13.7 Å². The normalized spacial score (nSPS) is 14.9. The number of aliphatic hydroxyl groups excluding tert-OH is 1. The number of imidazole rings is 1. The van der Waals surface area contributed by atoms with Crippen molar-refractivity contribution in [2.45, 2.75) is 32.4 Å². The largest absolute Gasteiger partial charge is 0.390 e. The van der Waals surface area contributed by atoms with E-state index in [9.17, 15) is 14.3 Å². The molecule has 0 unspecified atom stereocenters. The fourth-order valence-electron chi connectivity index (χ4n) is 4.73. The van der Waals surface area contributed by atoms with Crippen LogP contribution in [0, 0.1) is 5.82 Å². The zero-order valence-corrected chi connectivity index (χ0v) is 19.3. The van der Waals surface area contributed by atoms with Crippen LogP contribution in [0.5, 0.6) is 0 Å². The Morgan fingerprint density at radius 3 is 2.76 bits per heavy atom. The molecule has 1 saturated heterocycles. The monoisotopic (exact) mass is 465 g/mol. The van der Waals surface area contributed by atoms with E-state index in [1.165, 1.54) is 16.7 Å². The van der Waals surface area contributed by atoms with Crippen LogP contribution in [0.2, 0.25) is 0 Å². The number of hydrogen-bond donors (Lipinski definition) is 3. The second-order valence-electron chi connectivity index (χ2n) is 8.67. The summed E-state index contributed by atoms with van der Waals surface area (Å²) in [5, 5.41) is 21.0. The first-order chi connectivity index (χ1) is 16.5. The Bertz CT molecular complexity index is 1350. The van der Waals surface area contributed by atoms with Crippen LogP contribution < -0.4 is 15.5 Å². The van der Waals surface area contributed by atoms with Gasteiger partial charge in [0.1, 0.15) is 5.52 Å². The van der Waals surface area contributed by atoms with E-state index in [-0.39, 0.29) is 23.8 Å². The first-order valence-corrected chi connectivity index (χ1v) is 11.5. The molecular weight excluding hydrogens is 437 g/mol. The molecule has 0 atom stereocenters. The van der Waals surface area contributed by atoms with Gasteiger partial charge in [0.2, 0.25) is 0 Å². The molecule has 10 heteroatoms. The van der Waals surface area contributed by atoms with Crippen molar-refractivity contribution in [3.05, 3.63) is 53.9 Å². The summed E-state index contributed by atoms with van der Waals surface area (Å²) in [5.41, 5.74) is 2.83. The van der Waals surface area contributed by atoms with Crippen LogP contribution in [0.25, 0.3) is 16.6 Å². The molecular formula is C24H28FN7O2. The lowest BCUT2D eigenvalue weighted by atomic mass is 10.0. The van der Waals surface area contributed by atoms with Gasteiger partial charge in [-0.15, -0.1) is 0 Å². The van der Waals surface area contributed by atoms with Crippen LogP contribution in [-0.4, -0.2) is 55.9 Å². The van der Waals surface area contributed by atoms with Crippen molar-refractivity contribution in [2.24, 2.45) is 7.05 Å². The molecule has 0 saturated carbocycles. The molecule has 4 aromatic rings. The Labute approximate surface area is 196 Å². The molecule has 1 fully saturated rings. The van der Waals surface area contributed by atoms with Crippen LogP contribution in [0.4, 0.5) is 15.8 Å². The third-order valence-corrected chi connectivity index (χ3v) is 6.32. The second-order valence-corrected chi connectivity index (χ2v) is 8.67. The number of nitrogens with one attached hydrogen (secondary N) is 2. The smallest absolute Gasteiger partial charge is 0.257 e. The molecule has 1 amide bonds. The molecule has 9 nitrogen and oxygen atoms in total. The molecule has 0 aliphatic carbocycles. The maximum atomic E-state index is 14.5. The average Bonchev–Trinajstić information content (AvgIpc) is 3.42.